The summed E-state index contributed by atoms with van der Waals surface area (Å²) in [5.41, 5.74) is 1.51. The number of pyridine rings is 1. The lowest BCUT2D eigenvalue weighted by Crippen LogP contribution is -2.29. The summed E-state index contributed by atoms with van der Waals surface area (Å²) in [6.07, 6.45) is 2.79. The number of fused-ring (bicyclic) bond motifs is 7. The maximum Gasteiger partial charge on any atom is 0.407 e. The fourth-order valence-electron chi connectivity index (χ4n) is 4.07. The van der Waals surface area contributed by atoms with Crippen LogP contribution in [0.1, 0.15) is 63.8 Å². The Balaban J connectivity index is 1.66. The summed E-state index contributed by atoms with van der Waals surface area (Å²) in [6, 6.07) is 5.67. The Kier molecular flexibility index (Phi) is 6.39. The monoisotopic (exact) mass is 447 g/mol. The first-order valence-corrected chi connectivity index (χ1v) is 11.2. The van der Waals surface area contributed by atoms with Crippen LogP contribution in [0.3, 0.4) is 0 Å². The molecule has 0 aromatic carbocycles. The van der Waals surface area contributed by atoms with Crippen LogP contribution < -0.4 is 10.6 Å². The number of hydrogen-bond acceptors (Lipinski definition) is 6. The van der Waals surface area contributed by atoms with Gasteiger partial charge in [-0.2, -0.15) is 5.10 Å². The molecule has 8 nitrogen and oxygen atoms in total. The minimum Gasteiger partial charge on any atom is -0.446 e. The van der Waals surface area contributed by atoms with Gasteiger partial charge in [0, 0.05) is 30.2 Å². The van der Waals surface area contributed by atoms with Gasteiger partial charge in [0.25, 0.3) is 0 Å². The second-order valence-corrected chi connectivity index (χ2v) is 9.63. The van der Waals surface area contributed by atoms with Gasteiger partial charge in [0.15, 0.2) is 0 Å². The van der Waals surface area contributed by atoms with E-state index in [-0.39, 0.29) is 23.7 Å². The average Bonchev–Trinajstić information content (AvgIpc) is 3.30. The number of carbonyl (C=O) groups is 1. The quantitative estimate of drug-likeness (QED) is 0.607. The molecular formula is C22H30ClN5O3. The van der Waals surface area contributed by atoms with Crippen LogP contribution in [0.25, 0.3) is 0 Å². The van der Waals surface area contributed by atoms with Crippen LogP contribution >= 0.6 is 11.6 Å². The molecule has 3 heterocycles. The third-order valence-corrected chi connectivity index (χ3v) is 5.74. The topological polar surface area (TPSA) is 90.3 Å². The molecule has 1 amide bonds. The van der Waals surface area contributed by atoms with Gasteiger partial charge in [0.1, 0.15) is 17.7 Å². The molecule has 0 radical (unpaired) electrons. The molecule has 1 fully saturated rings. The lowest BCUT2D eigenvalue weighted by molar-refractivity contribution is 0.0956. The summed E-state index contributed by atoms with van der Waals surface area (Å²) in [6.45, 7) is 7.68. The molecule has 168 valence electrons. The van der Waals surface area contributed by atoms with E-state index in [2.05, 4.69) is 42.5 Å². The molecule has 2 N–H and O–H groups in total. The minimum absolute atomic E-state index is 0.0894. The van der Waals surface area contributed by atoms with Crippen molar-refractivity contribution in [3.05, 3.63) is 34.6 Å². The van der Waals surface area contributed by atoms with Crippen molar-refractivity contribution in [3.63, 3.8) is 0 Å². The Morgan fingerprint density at radius 3 is 2.87 bits per heavy atom. The highest BCUT2D eigenvalue weighted by Gasteiger charge is 2.32. The van der Waals surface area contributed by atoms with Crippen molar-refractivity contribution >= 4 is 29.3 Å². The van der Waals surface area contributed by atoms with Gasteiger partial charge in [-0.05, 0) is 58.6 Å². The SMILES string of the molecule is CC(C)(C)n1nc2cc1Nc1cc(Cl)cc(n1)COCCCNC(=O)O[C@@H]1CC[C@H]2C1. The zero-order valence-corrected chi connectivity index (χ0v) is 19.0. The first-order chi connectivity index (χ1) is 14.8. The van der Waals surface area contributed by atoms with E-state index in [0.29, 0.717) is 37.0 Å². The number of rotatable bonds is 0. The van der Waals surface area contributed by atoms with Crippen molar-refractivity contribution in [2.24, 2.45) is 0 Å². The van der Waals surface area contributed by atoms with E-state index in [1.54, 1.807) is 12.1 Å². The molecular weight excluding hydrogens is 418 g/mol. The second-order valence-electron chi connectivity index (χ2n) is 9.19. The molecule has 2 aromatic heterocycles. The number of ether oxygens (including phenoxy) is 2. The second kappa shape index (κ2) is 9.04. The zero-order valence-electron chi connectivity index (χ0n) is 18.3. The molecule has 2 aliphatic rings. The standard InChI is InChI=1S/C22H30ClN5O3/c1-22(2,3)28-20-12-18(27-28)14-5-6-17(9-14)31-21(29)24-7-4-8-30-13-16-10-15(23)11-19(25-16)26-20/h10-12,14,17H,4-9,13H2,1-3H3,(H,24,29)(H,25,26)/t14-,17+/m0/s1. The molecule has 1 saturated carbocycles. The first kappa shape index (κ1) is 21.9. The Bertz CT molecular complexity index is 940. The van der Waals surface area contributed by atoms with E-state index in [0.717, 1.165) is 36.5 Å². The summed E-state index contributed by atoms with van der Waals surface area (Å²) in [7, 11) is 0. The van der Waals surface area contributed by atoms with Crippen LogP contribution in [0.2, 0.25) is 5.02 Å². The van der Waals surface area contributed by atoms with Crippen LogP contribution in [-0.4, -0.2) is 40.1 Å². The maximum atomic E-state index is 12.1. The fraction of sp³-hybridized carbons (Fsp3) is 0.591. The normalized spacial score (nSPS) is 22.6. The maximum absolute atomic E-state index is 12.1. The number of hydrogen-bond donors (Lipinski definition) is 2. The Labute approximate surface area is 187 Å². The number of amides is 1. The number of halogens is 1. The Morgan fingerprint density at radius 2 is 2.06 bits per heavy atom. The van der Waals surface area contributed by atoms with Gasteiger partial charge in [-0.1, -0.05) is 11.6 Å². The van der Waals surface area contributed by atoms with Gasteiger partial charge < -0.3 is 20.1 Å². The van der Waals surface area contributed by atoms with E-state index < -0.39 is 0 Å². The molecule has 6 bridgehead atoms. The molecule has 2 atom stereocenters. The van der Waals surface area contributed by atoms with Gasteiger partial charge in [0.05, 0.1) is 23.5 Å². The summed E-state index contributed by atoms with van der Waals surface area (Å²) in [4.78, 5) is 16.8. The van der Waals surface area contributed by atoms with Crippen LogP contribution in [0.15, 0.2) is 18.2 Å². The number of nitrogens with zero attached hydrogens (tertiary/aromatic N) is 3. The van der Waals surface area contributed by atoms with Crippen molar-refractivity contribution in [3.8, 4) is 0 Å². The van der Waals surface area contributed by atoms with E-state index in [9.17, 15) is 4.79 Å². The number of aromatic nitrogens is 3. The van der Waals surface area contributed by atoms with Gasteiger partial charge in [-0.3, -0.25) is 0 Å². The third-order valence-electron chi connectivity index (χ3n) is 5.52. The predicted molar refractivity (Wildman–Crippen MR) is 119 cm³/mol. The minimum atomic E-state index is -0.365. The largest absolute Gasteiger partial charge is 0.446 e. The molecule has 0 spiro atoms. The van der Waals surface area contributed by atoms with Crippen LogP contribution in [-0.2, 0) is 21.6 Å². The Morgan fingerprint density at radius 1 is 1.23 bits per heavy atom. The van der Waals surface area contributed by atoms with Crippen molar-refractivity contribution in [1.29, 1.82) is 0 Å². The molecule has 4 rings (SSSR count). The van der Waals surface area contributed by atoms with E-state index in [1.165, 1.54) is 0 Å². The summed E-state index contributed by atoms with van der Waals surface area (Å²) in [5.74, 6) is 1.76. The Hall–Kier alpha value is -2.32. The highest BCUT2D eigenvalue weighted by Crippen LogP contribution is 2.38. The first-order valence-electron chi connectivity index (χ1n) is 10.8. The van der Waals surface area contributed by atoms with Gasteiger partial charge >= 0.3 is 6.09 Å². The highest BCUT2D eigenvalue weighted by atomic mass is 35.5. The number of carbonyl (C=O) groups excluding carboxylic acids is 1. The fourth-order valence-corrected chi connectivity index (χ4v) is 4.30. The lowest BCUT2D eigenvalue weighted by atomic mass is 10.0. The van der Waals surface area contributed by atoms with Crippen molar-refractivity contribution in [2.75, 3.05) is 18.5 Å². The van der Waals surface area contributed by atoms with E-state index >= 15 is 0 Å². The molecule has 0 unspecified atom stereocenters. The smallest absolute Gasteiger partial charge is 0.407 e. The average molecular weight is 448 g/mol. The molecule has 9 heteroatoms. The highest BCUT2D eigenvalue weighted by molar-refractivity contribution is 6.30. The molecule has 1 aliphatic heterocycles. The van der Waals surface area contributed by atoms with E-state index in [1.807, 2.05) is 4.68 Å². The summed E-state index contributed by atoms with van der Waals surface area (Å²) in [5, 5.41) is 11.7. The van der Waals surface area contributed by atoms with Crippen LogP contribution in [0, 0.1) is 0 Å². The third kappa shape index (κ3) is 5.49. The molecule has 31 heavy (non-hydrogen) atoms. The molecule has 2 aromatic rings. The predicted octanol–water partition coefficient (Wildman–Crippen LogP) is 4.71. The van der Waals surface area contributed by atoms with Gasteiger partial charge in [-0.25, -0.2) is 14.5 Å². The van der Waals surface area contributed by atoms with Crippen molar-refractivity contribution in [1.82, 2.24) is 20.1 Å². The summed E-state index contributed by atoms with van der Waals surface area (Å²) >= 11 is 6.34. The van der Waals surface area contributed by atoms with Crippen LogP contribution in [0.4, 0.5) is 16.4 Å². The molecule has 1 aliphatic carbocycles. The summed E-state index contributed by atoms with van der Waals surface area (Å²) < 4.78 is 13.3. The van der Waals surface area contributed by atoms with Gasteiger partial charge in [-0.15, -0.1) is 0 Å². The zero-order chi connectivity index (χ0) is 22.0. The van der Waals surface area contributed by atoms with E-state index in [4.69, 9.17) is 26.2 Å². The number of alkyl carbamates (subject to hydrolysis) is 1. The van der Waals surface area contributed by atoms with Crippen molar-refractivity contribution < 1.29 is 14.3 Å². The molecule has 0 saturated heterocycles. The van der Waals surface area contributed by atoms with Crippen LogP contribution in [0.5, 0.6) is 0 Å². The lowest BCUT2D eigenvalue weighted by Gasteiger charge is -2.23. The number of anilines is 2. The number of nitrogens with one attached hydrogen (secondary N) is 2. The van der Waals surface area contributed by atoms with Gasteiger partial charge in [0.2, 0.25) is 0 Å². The van der Waals surface area contributed by atoms with Crippen molar-refractivity contribution in [2.45, 2.75) is 70.6 Å².